The lowest BCUT2D eigenvalue weighted by Crippen LogP contribution is -1.92. The zero-order valence-electron chi connectivity index (χ0n) is 10.0. The van der Waals surface area contributed by atoms with Gasteiger partial charge in [0, 0.05) is 9.58 Å². The standard InChI is InChI=1S/C12H14FO3PS/c1-7(2)11-6-9-5-8(3-4-10(9)18-11)12(13)17(14,15)16/h3-7,12H,1-2H3,(H2,14,15,16)/t12-/m1/s1. The third-order valence-corrected chi connectivity index (χ3v) is 5.00. The quantitative estimate of drug-likeness (QED) is 0.833. The van der Waals surface area contributed by atoms with E-state index in [0.29, 0.717) is 5.92 Å². The van der Waals surface area contributed by atoms with E-state index in [1.165, 1.54) is 17.0 Å². The van der Waals surface area contributed by atoms with Crippen LogP contribution in [0.5, 0.6) is 0 Å². The molecular weight excluding hydrogens is 274 g/mol. The van der Waals surface area contributed by atoms with Crippen LogP contribution >= 0.6 is 18.9 Å². The van der Waals surface area contributed by atoms with Crippen molar-refractivity contribution in [1.29, 1.82) is 0 Å². The molecule has 0 saturated heterocycles. The van der Waals surface area contributed by atoms with Gasteiger partial charge in [-0.25, -0.2) is 4.39 Å². The molecule has 6 heteroatoms. The van der Waals surface area contributed by atoms with Gasteiger partial charge in [-0.2, -0.15) is 0 Å². The smallest absolute Gasteiger partial charge is 0.322 e. The van der Waals surface area contributed by atoms with Crippen LogP contribution in [0.25, 0.3) is 10.1 Å². The molecule has 0 fully saturated rings. The molecule has 3 nitrogen and oxygen atoms in total. The highest BCUT2D eigenvalue weighted by atomic mass is 32.1. The minimum absolute atomic E-state index is 0.0314. The average Bonchev–Trinajstić information content (AvgIpc) is 2.69. The van der Waals surface area contributed by atoms with E-state index in [1.54, 1.807) is 17.4 Å². The summed E-state index contributed by atoms with van der Waals surface area (Å²) in [6.45, 7) is 4.14. The van der Waals surface area contributed by atoms with Crippen molar-refractivity contribution in [3.8, 4) is 0 Å². The Morgan fingerprint density at radius 2 is 1.94 bits per heavy atom. The predicted molar refractivity (Wildman–Crippen MR) is 71.8 cm³/mol. The summed E-state index contributed by atoms with van der Waals surface area (Å²) >= 11 is 1.62. The molecule has 0 amide bonds. The van der Waals surface area contributed by atoms with E-state index in [4.69, 9.17) is 9.79 Å². The number of benzene rings is 1. The van der Waals surface area contributed by atoms with Crippen LogP contribution in [0.15, 0.2) is 24.3 Å². The fourth-order valence-electron chi connectivity index (χ4n) is 1.71. The Kier molecular flexibility index (Phi) is 3.60. The molecule has 18 heavy (non-hydrogen) atoms. The Balaban J connectivity index is 2.47. The SMILES string of the molecule is CC(C)c1cc2cc([C@H](F)P(=O)(O)O)ccc2s1. The zero-order valence-corrected chi connectivity index (χ0v) is 11.7. The second-order valence-corrected chi connectivity index (χ2v) is 7.27. The van der Waals surface area contributed by atoms with E-state index in [-0.39, 0.29) is 5.56 Å². The summed E-state index contributed by atoms with van der Waals surface area (Å²) in [5.41, 5.74) is 0.0314. The molecule has 2 rings (SSSR count). The largest absolute Gasteiger partial charge is 0.363 e. The van der Waals surface area contributed by atoms with Crippen LogP contribution in [0.2, 0.25) is 0 Å². The summed E-state index contributed by atoms with van der Waals surface area (Å²) in [5, 5.41) is 0.831. The summed E-state index contributed by atoms with van der Waals surface area (Å²) in [5.74, 6) is -1.86. The maximum atomic E-state index is 13.6. The monoisotopic (exact) mass is 288 g/mol. The van der Waals surface area contributed by atoms with Gasteiger partial charge in [-0.3, -0.25) is 4.57 Å². The highest BCUT2D eigenvalue weighted by Gasteiger charge is 2.30. The van der Waals surface area contributed by atoms with Gasteiger partial charge in [0.15, 0.2) is 0 Å². The molecule has 0 unspecified atom stereocenters. The lowest BCUT2D eigenvalue weighted by Gasteiger charge is -2.09. The fraction of sp³-hybridized carbons (Fsp3) is 0.333. The van der Waals surface area contributed by atoms with Gasteiger partial charge < -0.3 is 9.79 Å². The van der Waals surface area contributed by atoms with Crippen molar-refractivity contribution >= 4 is 29.0 Å². The third-order valence-electron chi connectivity index (χ3n) is 2.70. The molecule has 0 aliphatic rings. The van der Waals surface area contributed by atoms with E-state index in [9.17, 15) is 8.96 Å². The molecule has 0 aliphatic heterocycles. The number of alkyl halides is 1. The summed E-state index contributed by atoms with van der Waals surface area (Å²) in [6.07, 6.45) is 0. The van der Waals surface area contributed by atoms with Crippen molar-refractivity contribution in [2.24, 2.45) is 0 Å². The number of hydrogen-bond donors (Lipinski definition) is 2. The molecular formula is C12H14FO3PS. The first-order valence-corrected chi connectivity index (χ1v) is 8.01. The molecule has 2 aromatic rings. The van der Waals surface area contributed by atoms with Crippen LogP contribution in [0.4, 0.5) is 4.39 Å². The van der Waals surface area contributed by atoms with E-state index >= 15 is 0 Å². The summed E-state index contributed by atoms with van der Waals surface area (Å²) in [6, 6.07) is 6.61. The van der Waals surface area contributed by atoms with E-state index in [2.05, 4.69) is 13.8 Å². The second-order valence-electron chi connectivity index (χ2n) is 4.53. The Morgan fingerprint density at radius 3 is 2.50 bits per heavy atom. The van der Waals surface area contributed by atoms with Gasteiger partial charge in [-0.1, -0.05) is 19.9 Å². The van der Waals surface area contributed by atoms with Crippen LogP contribution in [0.3, 0.4) is 0 Å². The lowest BCUT2D eigenvalue weighted by molar-refractivity contribution is 0.303. The molecule has 0 bridgehead atoms. The molecule has 2 N–H and O–H groups in total. The third kappa shape index (κ3) is 2.64. The number of halogens is 1. The van der Waals surface area contributed by atoms with Crippen LogP contribution < -0.4 is 0 Å². The van der Waals surface area contributed by atoms with E-state index in [1.807, 2.05) is 6.07 Å². The Labute approximate surface area is 108 Å². The lowest BCUT2D eigenvalue weighted by atomic mass is 10.1. The Morgan fingerprint density at radius 1 is 1.28 bits per heavy atom. The van der Waals surface area contributed by atoms with Crippen molar-refractivity contribution in [1.82, 2.24) is 0 Å². The highest BCUT2D eigenvalue weighted by molar-refractivity contribution is 7.51. The first-order valence-electron chi connectivity index (χ1n) is 5.51. The summed E-state index contributed by atoms with van der Waals surface area (Å²) < 4.78 is 25.5. The van der Waals surface area contributed by atoms with Crippen molar-refractivity contribution < 1.29 is 18.7 Å². The van der Waals surface area contributed by atoms with Crippen molar-refractivity contribution in [2.45, 2.75) is 25.7 Å². The number of rotatable bonds is 3. The maximum absolute atomic E-state index is 13.6. The molecule has 1 heterocycles. The van der Waals surface area contributed by atoms with Gasteiger partial charge in [0.25, 0.3) is 0 Å². The number of thiophene rings is 1. The van der Waals surface area contributed by atoms with Gasteiger partial charge in [-0.05, 0) is 35.1 Å². The van der Waals surface area contributed by atoms with Gasteiger partial charge in [0.05, 0.1) is 0 Å². The van der Waals surface area contributed by atoms with E-state index < -0.39 is 13.5 Å². The van der Waals surface area contributed by atoms with Crippen LogP contribution in [-0.2, 0) is 4.57 Å². The van der Waals surface area contributed by atoms with Gasteiger partial charge >= 0.3 is 7.60 Å². The van der Waals surface area contributed by atoms with Gasteiger partial charge in [0.1, 0.15) is 0 Å². The van der Waals surface area contributed by atoms with E-state index in [0.717, 1.165) is 10.1 Å². The number of fused-ring (bicyclic) bond motifs is 1. The molecule has 0 radical (unpaired) electrons. The molecule has 98 valence electrons. The second kappa shape index (κ2) is 4.74. The van der Waals surface area contributed by atoms with Crippen LogP contribution in [-0.4, -0.2) is 9.79 Å². The normalized spacial score (nSPS) is 14.3. The first kappa shape index (κ1) is 13.7. The van der Waals surface area contributed by atoms with Crippen LogP contribution in [0.1, 0.15) is 36.1 Å². The summed E-state index contributed by atoms with van der Waals surface area (Å²) in [4.78, 5) is 18.9. The molecule has 1 aromatic carbocycles. The van der Waals surface area contributed by atoms with Crippen LogP contribution in [0, 0.1) is 0 Å². The van der Waals surface area contributed by atoms with Crippen molar-refractivity contribution in [3.63, 3.8) is 0 Å². The minimum atomic E-state index is -4.73. The molecule has 1 atom stereocenters. The fourth-order valence-corrected chi connectivity index (χ4v) is 3.31. The maximum Gasteiger partial charge on any atom is 0.363 e. The average molecular weight is 288 g/mol. The highest BCUT2D eigenvalue weighted by Crippen LogP contribution is 2.53. The first-order chi connectivity index (χ1) is 8.29. The van der Waals surface area contributed by atoms with Gasteiger partial charge in [-0.15, -0.1) is 11.3 Å². The van der Waals surface area contributed by atoms with Crippen molar-refractivity contribution in [2.75, 3.05) is 0 Å². The summed E-state index contributed by atoms with van der Waals surface area (Å²) in [7, 11) is -4.73. The molecule has 0 aliphatic carbocycles. The minimum Gasteiger partial charge on any atom is -0.322 e. The Bertz CT molecular complexity index is 617. The number of hydrogen-bond acceptors (Lipinski definition) is 2. The van der Waals surface area contributed by atoms with Gasteiger partial charge in [0.2, 0.25) is 5.91 Å². The zero-order chi connectivity index (χ0) is 13.5. The Hall–Kier alpha value is -0.740. The van der Waals surface area contributed by atoms with Crippen molar-refractivity contribution in [3.05, 3.63) is 34.7 Å². The molecule has 0 saturated carbocycles. The molecule has 0 spiro atoms. The predicted octanol–water partition coefficient (Wildman–Crippen LogP) is 4.17. The topological polar surface area (TPSA) is 57.5 Å². The molecule has 1 aromatic heterocycles.